The molecule has 21 heavy (non-hydrogen) atoms. The van der Waals surface area contributed by atoms with Gasteiger partial charge in [-0.05, 0) is 43.5 Å². The minimum absolute atomic E-state index is 0.107. The average Bonchev–Trinajstić information content (AvgIpc) is 3.20. The van der Waals surface area contributed by atoms with Crippen LogP contribution in [0.15, 0.2) is 24.3 Å². The van der Waals surface area contributed by atoms with E-state index in [0.29, 0.717) is 12.7 Å². The number of rotatable bonds is 5. The minimum Gasteiger partial charge on any atom is -0.374 e. The lowest BCUT2D eigenvalue weighted by Gasteiger charge is -2.12. The van der Waals surface area contributed by atoms with E-state index in [4.69, 9.17) is 4.74 Å². The molecule has 1 saturated heterocycles. The summed E-state index contributed by atoms with van der Waals surface area (Å²) < 4.78 is 5.90. The molecule has 0 radical (unpaired) electrons. The predicted molar refractivity (Wildman–Crippen MR) is 83.1 cm³/mol. The van der Waals surface area contributed by atoms with Crippen molar-refractivity contribution in [3.8, 4) is 0 Å². The maximum atomic E-state index is 12.0. The van der Waals surface area contributed by atoms with Crippen molar-refractivity contribution in [3.05, 3.63) is 29.8 Å². The zero-order valence-corrected chi connectivity index (χ0v) is 12.4. The summed E-state index contributed by atoms with van der Waals surface area (Å²) in [5.74, 6) is 0.227. The Bertz CT molecular complexity index is 460. The molecule has 4 nitrogen and oxygen atoms in total. The average molecular weight is 288 g/mol. The molecule has 2 fully saturated rings. The molecule has 1 unspecified atom stereocenters. The molecule has 4 heteroatoms. The topological polar surface area (TPSA) is 50.4 Å². The van der Waals surface area contributed by atoms with Crippen LogP contribution >= 0.6 is 0 Å². The van der Waals surface area contributed by atoms with Crippen LogP contribution in [-0.2, 0) is 16.1 Å². The molecule has 2 N–H and O–H groups in total. The fourth-order valence-electron chi connectivity index (χ4n) is 3.08. The Kier molecular flexibility index (Phi) is 4.88. The van der Waals surface area contributed by atoms with Crippen molar-refractivity contribution >= 4 is 11.6 Å². The molecule has 1 aromatic rings. The molecule has 114 valence electrons. The van der Waals surface area contributed by atoms with Crippen LogP contribution in [0.5, 0.6) is 0 Å². The summed E-state index contributed by atoms with van der Waals surface area (Å²) in [6, 6.07) is 8.01. The lowest BCUT2D eigenvalue weighted by molar-refractivity contribution is -0.119. The Morgan fingerprint density at radius 1 is 1.19 bits per heavy atom. The maximum absolute atomic E-state index is 12.0. The van der Waals surface area contributed by atoms with E-state index in [0.717, 1.165) is 25.2 Å². The van der Waals surface area contributed by atoms with Crippen LogP contribution in [0.25, 0.3) is 0 Å². The van der Waals surface area contributed by atoms with Crippen molar-refractivity contribution in [2.24, 2.45) is 5.92 Å². The molecule has 1 saturated carbocycles. The number of hydrogen-bond donors (Lipinski definition) is 2. The van der Waals surface area contributed by atoms with E-state index >= 15 is 0 Å². The van der Waals surface area contributed by atoms with Gasteiger partial charge in [-0.25, -0.2) is 0 Å². The van der Waals surface area contributed by atoms with Crippen molar-refractivity contribution in [1.82, 2.24) is 5.32 Å². The van der Waals surface area contributed by atoms with E-state index in [1.807, 2.05) is 24.3 Å². The second-order valence-corrected chi connectivity index (χ2v) is 6.09. The monoisotopic (exact) mass is 288 g/mol. The summed E-state index contributed by atoms with van der Waals surface area (Å²) in [5.41, 5.74) is 2.04. The summed E-state index contributed by atoms with van der Waals surface area (Å²) >= 11 is 0. The number of carbonyl (C=O) groups excluding carboxylic acids is 1. The number of amides is 1. The Morgan fingerprint density at radius 2 is 1.95 bits per heavy atom. The van der Waals surface area contributed by atoms with Crippen molar-refractivity contribution < 1.29 is 9.53 Å². The van der Waals surface area contributed by atoms with Crippen LogP contribution in [0.3, 0.4) is 0 Å². The third kappa shape index (κ3) is 4.05. The number of hydrogen-bond acceptors (Lipinski definition) is 3. The largest absolute Gasteiger partial charge is 0.374 e. The first-order chi connectivity index (χ1) is 10.3. The van der Waals surface area contributed by atoms with Crippen LogP contribution in [0, 0.1) is 5.92 Å². The fraction of sp³-hybridized carbons (Fsp3) is 0.588. The standard InChI is InChI=1S/C17H24N2O2/c20-17(14-9-10-18-11-14)19-15-7-5-13(6-8-15)12-21-16-3-1-2-4-16/h5-8,14,16,18H,1-4,9-12H2,(H,19,20). The number of benzene rings is 1. The smallest absolute Gasteiger partial charge is 0.228 e. The third-order valence-corrected chi connectivity index (χ3v) is 4.44. The van der Waals surface area contributed by atoms with Gasteiger partial charge in [-0.2, -0.15) is 0 Å². The molecule has 1 aliphatic carbocycles. The first kappa shape index (κ1) is 14.5. The van der Waals surface area contributed by atoms with E-state index in [-0.39, 0.29) is 11.8 Å². The van der Waals surface area contributed by atoms with Crippen LogP contribution in [0.2, 0.25) is 0 Å². The molecule has 0 spiro atoms. The Labute approximate surface area is 126 Å². The van der Waals surface area contributed by atoms with Crippen molar-refractivity contribution in [1.29, 1.82) is 0 Å². The van der Waals surface area contributed by atoms with Gasteiger partial charge in [0.15, 0.2) is 0 Å². The van der Waals surface area contributed by atoms with Gasteiger partial charge in [-0.3, -0.25) is 4.79 Å². The zero-order chi connectivity index (χ0) is 14.5. The first-order valence-electron chi connectivity index (χ1n) is 8.03. The van der Waals surface area contributed by atoms with Gasteiger partial charge in [-0.15, -0.1) is 0 Å². The van der Waals surface area contributed by atoms with Gasteiger partial charge in [0.1, 0.15) is 0 Å². The van der Waals surface area contributed by atoms with E-state index in [9.17, 15) is 4.79 Å². The highest BCUT2D eigenvalue weighted by Crippen LogP contribution is 2.22. The van der Waals surface area contributed by atoms with E-state index in [2.05, 4.69) is 10.6 Å². The predicted octanol–water partition coefficient (Wildman–Crippen LogP) is 2.69. The number of nitrogens with one attached hydrogen (secondary N) is 2. The maximum Gasteiger partial charge on any atom is 0.228 e. The third-order valence-electron chi connectivity index (χ3n) is 4.44. The normalized spacial score (nSPS) is 22.6. The van der Waals surface area contributed by atoms with Gasteiger partial charge in [0.25, 0.3) is 0 Å². The molecule has 1 aliphatic heterocycles. The lowest BCUT2D eigenvalue weighted by Crippen LogP contribution is -2.24. The van der Waals surface area contributed by atoms with Crippen LogP contribution in [-0.4, -0.2) is 25.1 Å². The van der Waals surface area contributed by atoms with Crippen molar-refractivity contribution in [3.63, 3.8) is 0 Å². The highest BCUT2D eigenvalue weighted by Gasteiger charge is 2.22. The SMILES string of the molecule is O=C(Nc1ccc(COC2CCCC2)cc1)C1CCNC1. The Balaban J connectivity index is 1.47. The quantitative estimate of drug-likeness (QED) is 0.876. The summed E-state index contributed by atoms with van der Waals surface area (Å²) in [5, 5.41) is 6.20. The fourth-order valence-corrected chi connectivity index (χ4v) is 3.08. The zero-order valence-electron chi connectivity index (χ0n) is 12.4. The van der Waals surface area contributed by atoms with Crippen LogP contribution in [0.4, 0.5) is 5.69 Å². The molecule has 1 aromatic carbocycles. The molecule has 3 rings (SSSR count). The summed E-state index contributed by atoms with van der Waals surface area (Å²) in [6.45, 7) is 2.40. The molecule has 1 atom stereocenters. The summed E-state index contributed by atoms with van der Waals surface area (Å²) in [4.78, 5) is 12.0. The summed E-state index contributed by atoms with van der Waals surface area (Å²) in [7, 11) is 0. The van der Waals surface area contributed by atoms with E-state index in [1.165, 1.54) is 31.2 Å². The number of anilines is 1. The van der Waals surface area contributed by atoms with Crippen molar-refractivity contribution in [2.45, 2.75) is 44.8 Å². The lowest BCUT2D eigenvalue weighted by atomic mass is 10.1. The second kappa shape index (κ2) is 7.05. The highest BCUT2D eigenvalue weighted by atomic mass is 16.5. The molecule has 2 aliphatic rings. The molecule has 1 amide bonds. The van der Waals surface area contributed by atoms with Crippen LogP contribution < -0.4 is 10.6 Å². The van der Waals surface area contributed by atoms with Gasteiger partial charge in [0.2, 0.25) is 5.91 Å². The minimum atomic E-state index is 0.107. The molecular weight excluding hydrogens is 264 g/mol. The molecular formula is C17H24N2O2. The van der Waals surface area contributed by atoms with E-state index in [1.54, 1.807) is 0 Å². The number of ether oxygens (including phenoxy) is 1. The highest BCUT2D eigenvalue weighted by molar-refractivity contribution is 5.92. The second-order valence-electron chi connectivity index (χ2n) is 6.09. The van der Waals surface area contributed by atoms with Crippen LogP contribution in [0.1, 0.15) is 37.7 Å². The van der Waals surface area contributed by atoms with Gasteiger partial charge in [0, 0.05) is 12.2 Å². The van der Waals surface area contributed by atoms with E-state index < -0.39 is 0 Å². The van der Waals surface area contributed by atoms with Gasteiger partial charge < -0.3 is 15.4 Å². The Hall–Kier alpha value is -1.39. The van der Waals surface area contributed by atoms with Crippen molar-refractivity contribution in [2.75, 3.05) is 18.4 Å². The summed E-state index contributed by atoms with van der Waals surface area (Å²) in [6.07, 6.45) is 6.36. The van der Waals surface area contributed by atoms with Gasteiger partial charge in [-0.1, -0.05) is 25.0 Å². The Morgan fingerprint density at radius 3 is 2.62 bits per heavy atom. The molecule has 0 bridgehead atoms. The first-order valence-corrected chi connectivity index (χ1v) is 8.03. The van der Waals surface area contributed by atoms with Gasteiger partial charge in [0.05, 0.1) is 18.6 Å². The molecule has 1 heterocycles. The van der Waals surface area contributed by atoms with Gasteiger partial charge >= 0.3 is 0 Å². The number of carbonyl (C=O) groups is 1. The molecule has 0 aromatic heterocycles.